The lowest BCUT2D eigenvalue weighted by atomic mass is 9.89. The van der Waals surface area contributed by atoms with Crippen LogP contribution >= 0.6 is 11.6 Å². The van der Waals surface area contributed by atoms with Gasteiger partial charge in [-0.2, -0.15) is 5.26 Å². The normalized spacial score (nSPS) is 14.4. The van der Waals surface area contributed by atoms with Crippen LogP contribution in [0, 0.1) is 11.3 Å². The van der Waals surface area contributed by atoms with Gasteiger partial charge in [-0.25, -0.2) is 0 Å². The zero-order valence-corrected chi connectivity index (χ0v) is 12.5. The molecule has 1 aliphatic carbocycles. The van der Waals surface area contributed by atoms with Gasteiger partial charge in [-0.05, 0) is 66.1 Å². The number of hydrogen-bond donors (Lipinski definition) is 0. The molecule has 0 bridgehead atoms. The van der Waals surface area contributed by atoms with Gasteiger partial charge in [-0.1, -0.05) is 41.9 Å². The van der Waals surface area contributed by atoms with Crippen molar-refractivity contribution < 1.29 is 0 Å². The molecule has 1 nitrogen and oxygen atoms in total. The van der Waals surface area contributed by atoms with Gasteiger partial charge in [0.25, 0.3) is 0 Å². The number of aryl methyl sites for hydroxylation is 2. The van der Waals surface area contributed by atoms with E-state index in [1.54, 1.807) is 0 Å². The van der Waals surface area contributed by atoms with Crippen LogP contribution in [0.4, 0.5) is 0 Å². The molecule has 0 fully saturated rings. The molecule has 1 aliphatic rings. The molecule has 2 heteroatoms. The molecule has 0 heterocycles. The number of hydrogen-bond acceptors (Lipinski definition) is 1. The fraction of sp³-hybridized carbons (Fsp3) is 0.211. The van der Waals surface area contributed by atoms with E-state index >= 15 is 0 Å². The first-order chi connectivity index (χ1) is 10.3. The smallest absolute Gasteiger partial charge is 0.0998 e. The Bertz CT molecular complexity index is 737. The van der Waals surface area contributed by atoms with E-state index in [4.69, 9.17) is 11.6 Å². The van der Waals surface area contributed by atoms with Gasteiger partial charge in [0.05, 0.1) is 11.6 Å². The Kier molecular flexibility index (Phi) is 4.08. The topological polar surface area (TPSA) is 23.8 Å². The summed E-state index contributed by atoms with van der Waals surface area (Å²) in [7, 11) is 0. The predicted molar refractivity (Wildman–Crippen MR) is 88.0 cm³/mol. The molecule has 0 saturated heterocycles. The van der Waals surface area contributed by atoms with Crippen molar-refractivity contribution >= 4 is 23.3 Å². The molecule has 2 aromatic rings. The van der Waals surface area contributed by atoms with Crippen LogP contribution in [0.1, 0.15) is 35.1 Å². The summed E-state index contributed by atoms with van der Waals surface area (Å²) in [6.07, 6.45) is 6.71. The number of fused-ring (bicyclic) bond motifs is 1. The molecule has 3 rings (SSSR count). The van der Waals surface area contributed by atoms with Crippen molar-refractivity contribution in [1.82, 2.24) is 0 Å². The maximum Gasteiger partial charge on any atom is 0.0998 e. The van der Waals surface area contributed by atoms with Crippen LogP contribution in [-0.2, 0) is 12.8 Å². The maximum absolute atomic E-state index is 9.46. The van der Waals surface area contributed by atoms with Crippen LogP contribution in [0.15, 0.2) is 42.5 Å². The first-order valence-electron chi connectivity index (χ1n) is 7.26. The van der Waals surface area contributed by atoms with Gasteiger partial charge < -0.3 is 0 Å². The van der Waals surface area contributed by atoms with Crippen molar-refractivity contribution in [3.63, 3.8) is 0 Å². The van der Waals surface area contributed by atoms with Crippen molar-refractivity contribution in [2.45, 2.75) is 25.7 Å². The average molecular weight is 294 g/mol. The third-order valence-electron chi connectivity index (χ3n) is 3.94. The summed E-state index contributed by atoms with van der Waals surface area (Å²) >= 11 is 6.00. The summed E-state index contributed by atoms with van der Waals surface area (Å²) in [6, 6.07) is 16.3. The van der Waals surface area contributed by atoms with Crippen LogP contribution in [0.25, 0.3) is 11.6 Å². The van der Waals surface area contributed by atoms with Gasteiger partial charge in [0, 0.05) is 5.02 Å². The van der Waals surface area contributed by atoms with Gasteiger partial charge >= 0.3 is 0 Å². The monoisotopic (exact) mass is 293 g/mol. The van der Waals surface area contributed by atoms with Crippen molar-refractivity contribution in [1.29, 1.82) is 5.26 Å². The summed E-state index contributed by atoms with van der Waals surface area (Å²) in [6.45, 7) is 0. The van der Waals surface area contributed by atoms with E-state index in [1.165, 1.54) is 24.0 Å². The second-order valence-electron chi connectivity index (χ2n) is 5.42. The van der Waals surface area contributed by atoms with Gasteiger partial charge in [0.2, 0.25) is 0 Å². The quantitative estimate of drug-likeness (QED) is 0.545. The highest BCUT2D eigenvalue weighted by molar-refractivity contribution is 6.30. The Labute approximate surface area is 130 Å². The number of rotatable bonds is 2. The zero-order chi connectivity index (χ0) is 14.7. The van der Waals surface area contributed by atoms with E-state index in [9.17, 15) is 5.26 Å². The first kappa shape index (κ1) is 13.9. The zero-order valence-electron chi connectivity index (χ0n) is 11.8. The standard InChI is InChI=1S/C19H16ClN/c20-19-7-3-4-14(11-19)10-18(13-21)17-9-8-15-5-1-2-6-16(15)12-17/h3-4,7-12H,1-2,5-6H2/b18-10+. The van der Waals surface area contributed by atoms with Crippen LogP contribution in [0.3, 0.4) is 0 Å². The first-order valence-corrected chi connectivity index (χ1v) is 7.63. The fourth-order valence-corrected chi connectivity index (χ4v) is 3.04. The Morgan fingerprint density at radius 3 is 2.62 bits per heavy atom. The van der Waals surface area contributed by atoms with E-state index in [0.717, 1.165) is 24.0 Å². The molecule has 0 spiro atoms. The highest BCUT2D eigenvalue weighted by Crippen LogP contribution is 2.26. The summed E-state index contributed by atoms with van der Waals surface area (Å²) < 4.78 is 0. The van der Waals surface area contributed by atoms with Crippen molar-refractivity contribution in [2.75, 3.05) is 0 Å². The molecule has 0 aromatic heterocycles. The van der Waals surface area contributed by atoms with Gasteiger partial charge in [0.15, 0.2) is 0 Å². The van der Waals surface area contributed by atoms with Crippen LogP contribution in [0.2, 0.25) is 5.02 Å². The van der Waals surface area contributed by atoms with Crippen molar-refractivity contribution in [3.05, 3.63) is 69.7 Å². The lowest BCUT2D eigenvalue weighted by Crippen LogP contribution is -2.02. The van der Waals surface area contributed by atoms with Crippen molar-refractivity contribution in [2.24, 2.45) is 0 Å². The Balaban J connectivity index is 1.99. The van der Waals surface area contributed by atoms with Gasteiger partial charge in [-0.3, -0.25) is 0 Å². The van der Waals surface area contributed by atoms with E-state index in [0.29, 0.717) is 10.6 Å². The minimum absolute atomic E-state index is 0.686. The molecule has 104 valence electrons. The molecule has 21 heavy (non-hydrogen) atoms. The minimum Gasteiger partial charge on any atom is -0.192 e. The third-order valence-corrected chi connectivity index (χ3v) is 4.17. The minimum atomic E-state index is 0.686. The third kappa shape index (κ3) is 3.17. The molecule has 2 aromatic carbocycles. The Morgan fingerprint density at radius 1 is 1.05 bits per heavy atom. The second kappa shape index (κ2) is 6.16. The molecule has 0 aliphatic heterocycles. The lowest BCUT2D eigenvalue weighted by Gasteiger charge is -2.16. The average Bonchev–Trinajstić information content (AvgIpc) is 2.52. The lowest BCUT2D eigenvalue weighted by molar-refractivity contribution is 0.685. The fourth-order valence-electron chi connectivity index (χ4n) is 2.84. The molecule has 0 saturated carbocycles. The highest BCUT2D eigenvalue weighted by atomic mass is 35.5. The molecule has 0 amide bonds. The molecule has 0 N–H and O–H groups in total. The number of allylic oxidation sites excluding steroid dienone is 1. The molecule has 0 unspecified atom stereocenters. The molecule has 0 radical (unpaired) electrons. The highest BCUT2D eigenvalue weighted by Gasteiger charge is 2.11. The Morgan fingerprint density at radius 2 is 1.86 bits per heavy atom. The van der Waals surface area contributed by atoms with Gasteiger partial charge in [0.1, 0.15) is 0 Å². The number of nitriles is 1. The van der Waals surface area contributed by atoms with Crippen molar-refractivity contribution in [3.8, 4) is 6.07 Å². The van der Waals surface area contributed by atoms with Crippen LogP contribution in [0.5, 0.6) is 0 Å². The van der Waals surface area contributed by atoms with Gasteiger partial charge in [-0.15, -0.1) is 0 Å². The predicted octanol–water partition coefficient (Wildman–Crippen LogP) is 5.28. The SMILES string of the molecule is N#C/C(=C\c1cccc(Cl)c1)c1ccc2c(c1)CCCC2. The van der Waals surface area contributed by atoms with Crippen LogP contribution < -0.4 is 0 Å². The number of nitrogens with zero attached hydrogens (tertiary/aromatic N) is 1. The largest absolute Gasteiger partial charge is 0.192 e. The molecular formula is C19H16ClN. The molecule has 0 atom stereocenters. The van der Waals surface area contributed by atoms with Crippen LogP contribution in [-0.4, -0.2) is 0 Å². The number of halogens is 1. The summed E-state index contributed by atoms with van der Waals surface area (Å²) in [5.41, 5.74) is 5.47. The summed E-state index contributed by atoms with van der Waals surface area (Å²) in [5.74, 6) is 0. The summed E-state index contributed by atoms with van der Waals surface area (Å²) in [5, 5.41) is 10.1. The van der Waals surface area contributed by atoms with E-state index < -0.39 is 0 Å². The van der Waals surface area contributed by atoms with E-state index in [2.05, 4.69) is 24.3 Å². The van der Waals surface area contributed by atoms with E-state index in [1.807, 2.05) is 30.3 Å². The summed E-state index contributed by atoms with van der Waals surface area (Å²) in [4.78, 5) is 0. The molecular weight excluding hydrogens is 278 g/mol. The second-order valence-corrected chi connectivity index (χ2v) is 5.85. The van der Waals surface area contributed by atoms with E-state index in [-0.39, 0.29) is 0 Å². The maximum atomic E-state index is 9.46. The Hall–Kier alpha value is -2.04. The number of benzene rings is 2.